The minimum absolute atomic E-state index is 0.0855. The lowest BCUT2D eigenvalue weighted by atomic mass is 10.2. The Hall–Kier alpha value is -0.500. The minimum atomic E-state index is -3.52. The van der Waals surface area contributed by atoms with Crippen molar-refractivity contribution in [2.75, 3.05) is 13.2 Å². The van der Waals surface area contributed by atoms with Gasteiger partial charge in [0.15, 0.2) is 0 Å². The van der Waals surface area contributed by atoms with E-state index in [1.54, 1.807) is 12.3 Å². The Bertz CT molecular complexity index is 550. The van der Waals surface area contributed by atoms with E-state index in [0.29, 0.717) is 17.6 Å². The molecule has 0 saturated carbocycles. The van der Waals surface area contributed by atoms with Gasteiger partial charge in [-0.2, -0.15) is 4.31 Å². The van der Waals surface area contributed by atoms with E-state index in [4.69, 9.17) is 4.74 Å². The van der Waals surface area contributed by atoms with Crippen molar-refractivity contribution in [3.05, 3.63) is 22.9 Å². The number of halogens is 1. The van der Waals surface area contributed by atoms with Crippen molar-refractivity contribution in [2.45, 2.75) is 37.3 Å². The predicted molar refractivity (Wildman–Crippen MR) is 75.3 cm³/mol. The number of hydrogen-bond acceptors (Lipinski definition) is 4. The van der Waals surface area contributed by atoms with Gasteiger partial charge in [0.2, 0.25) is 10.0 Å². The second-order valence-electron chi connectivity index (χ2n) is 4.62. The van der Waals surface area contributed by atoms with Gasteiger partial charge in [0.1, 0.15) is 4.90 Å². The molecule has 19 heavy (non-hydrogen) atoms. The molecule has 2 heterocycles. The number of morpholine rings is 1. The van der Waals surface area contributed by atoms with Crippen LogP contribution in [-0.4, -0.2) is 43.0 Å². The second kappa shape index (κ2) is 5.87. The number of sulfonamides is 1. The molecule has 0 N–H and O–H groups in total. The molecule has 1 aromatic rings. The Morgan fingerprint density at radius 1 is 1.53 bits per heavy atom. The smallest absolute Gasteiger partial charge is 0.245 e. The quantitative estimate of drug-likeness (QED) is 0.838. The van der Waals surface area contributed by atoms with E-state index >= 15 is 0 Å². The molecular weight excluding hydrogens is 332 g/mol. The molecule has 2 rings (SSSR count). The number of hydrogen-bond donors (Lipinski definition) is 0. The Morgan fingerprint density at radius 3 is 2.89 bits per heavy atom. The van der Waals surface area contributed by atoms with E-state index in [1.807, 2.05) is 13.8 Å². The van der Waals surface area contributed by atoms with Crippen molar-refractivity contribution >= 4 is 26.0 Å². The van der Waals surface area contributed by atoms with Crippen LogP contribution in [0.25, 0.3) is 0 Å². The molecule has 0 amide bonds. The molecule has 106 valence electrons. The molecule has 1 aliphatic heterocycles. The lowest BCUT2D eigenvalue weighted by molar-refractivity contribution is -0.0230. The van der Waals surface area contributed by atoms with Crippen LogP contribution in [0.3, 0.4) is 0 Å². The van der Waals surface area contributed by atoms with Crippen molar-refractivity contribution in [1.82, 2.24) is 9.29 Å². The van der Waals surface area contributed by atoms with Crippen LogP contribution in [0.5, 0.6) is 0 Å². The molecule has 5 nitrogen and oxygen atoms in total. The van der Waals surface area contributed by atoms with Crippen molar-refractivity contribution in [1.29, 1.82) is 0 Å². The Balaban J connectivity index is 2.36. The third-order valence-electron chi connectivity index (χ3n) is 3.18. The minimum Gasteiger partial charge on any atom is -0.375 e. The molecule has 0 bridgehead atoms. The SMILES string of the molecule is CCC1COC(C)CN1S(=O)(=O)c1cncc(Br)c1. The summed E-state index contributed by atoms with van der Waals surface area (Å²) >= 11 is 3.25. The molecule has 1 fully saturated rings. The molecule has 0 spiro atoms. The van der Waals surface area contributed by atoms with Gasteiger partial charge in [-0.25, -0.2) is 8.42 Å². The van der Waals surface area contributed by atoms with Crippen LogP contribution in [0.4, 0.5) is 0 Å². The first-order valence-electron chi connectivity index (χ1n) is 6.19. The van der Waals surface area contributed by atoms with Crippen molar-refractivity contribution < 1.29 is 13.2 Å². The van der Waals surface area contributed by atoms with Gasteiger partial charge >= 0.3 is 0 Å². The molecule has 2 atom stereocenters. The van der Waals surface area contributed by atoms with Crippen LogP contribution in [0, 0.1) is 0 Å². The van der Waals surface area contributed by atoms with Crippen molar-refractivity contribution in [3.8, 4) is 0 Å². The predicted octanol–water partition coefficient (Wildman–Crippen LogP) is 2.03. The van der Waals surface area contributed by atoms with Gasteiger partial charge in [-0.05, 0) is 35.3 Å². The van der Waals surface area contributed by atoms with Crippen LogP contribution < -0.4 is 0 Å². The first-order valence-corrected chi connectivity index (χ1v) is 8.42. The Labute approximate surface area is 122 Å². The maximum Gasteiger partial charge on any atom is 0.245 e. The molecule has 1 saturated heterocycles. The van der Waals surface area contributed by atoms with Crippen LogP contribution in [0.2, 0.25) is 0 Å². The lowest BCUT2D eigenvalue weighted by Gasteiger charge is -2.37. The monoisotopic (exact) mass is 348 g/mol. The maximum absolute atomic E-state index is 12.7. The summed E-state index contributed by atoms with van der Waals surface area (Å²) < 4.78 is 33.1. The highest BCUT2D eigenvalue weighted by Gasteiger charge is 2.35. The van der Waals surface area contributed by atoms with Gasteiger partial charge in [0.05, 0.1) is 12.7 Å². The van der Waals surface area contributed by atoms with E-state index in [9.17, 15) is 8.42 Å². The molecular formula is C12H17BrN2O3S. The standard InChI is InChI=1S/C12H17BrN2O3S/c1-3-11-8-18-9(2)7-15(11)19(16,17)12-4-10(13)5-14-6-12/h4-6,9,11H,3,7-8H2,1-2H3. The Morgan fingerprint density at radius 2 is 2.26 bits per heavy atom. The average molecular weight is 349 g/mol. The number of nitrogens with zero attached hydrogens (tertiary/aromatic N) is 2. The highest BCUT2D eigenvalue weighted by molar-refractivity contribution is 9.10. The van der Waals surface area contributed by atoms with Gasteiger partial charge < -0.3 is 4.74 Å². The molecule has 0 radical (unpaired) electrons. The van der Waals surface area contributed by atoms with E-state index in [2.05, 4.69) is 20.9 Å². The van der Waals surface area contributed by atoms with Gasteiger partial charge in [-0.1, -0.05) is 6.92 Å². The summed E-state index contributed by atoms with van der Waals surface area (Å²) in [6.07, 6.45) is 3.59. The summed E-state index contributed by atoms with van der Waals surface area (Å²) in [5.74, 6) is 0. The third kappa shape index (κ3) is 3.16. The maximum atomic E-state index is 12.7. The van der Waals surface area contributed by atoms with Crippen LogP contribution in [0.15, 0.2) is 27.8 Å². The summed E-state index contributed by atoms with van der Waals surface area (Å²) in [4.78, 5) is 4.15. The van der Waals surface area contributed by atoms with Crippen molar-refractivity contribution in [3.63, 3.8) is 0 Å². The fourth-order valence-electron chi connectivity index (χ4n) is 2.10. The topological polar surface area (TPSA) is 59.5 Å². The second-order valence-corrected chi connectivity index (χ2v) is 7.43. The zero-order chi connectivity index (χ0) is 14.0. The van der Waals surface area contributed by atoms with Crippen LogP contribution in [-0.2, 0) is 14.8 Å². The van der Waals surface area contributed by atoms with Gasteiger partial charge in [0, 0.05) is 29.5 Å². The first-order chi connectivity index (χ1) is 8.95. The molecule has 2 unspecified atom stereocenters. The summed E-state index contributed by atoms with van der Waals surface area (Å²) in [5.41, 5.74) is 0. The Kier molecular flexibility index (Phi) is 4.60. The van der Waals surface area contributed by atoms with E-state index < -0.39 is 10.0 Å². The number of ether oxygens (including phenoxy) is 1. The largest absolute Gasteiger partial charge is 0.375 e. The highest BCUT2D eigenvalue weighted by Crippen LogP contribution is 2.25. The number of pyridine rings is 1. The normalized spacial score (nSPS) is 25.4. The summed E-state index contributed by atoms with van der Waals surface area (Å²) in [5, 5.41) is 0. The summed E-state index contributed by atoms with van der Waals surface area (Å²) in [6, 6.07) is 1.47. The molecule has 0 aliphatic carbocycles. The molecule has 0 aromatic carbocycles. The van der Waals surface area contributed by atoms with E-state index in [1.165, 1.54) is 10.5 Å². The molecule has 1 aromatic heterocycles. The fraction of sp³-hybridized carbons (Fsp3) is 0.583. The molecule has 7 heteroatoms. The first kappa shape index (κ1) is 14.9. The number of rotatable bonds is 3. The van der Waals surface area contributed by atoms with Crippen LogP contribution >= 0.6 is 15.9 Å². The third-order valence-corrected chi connectivity index (χ3v) is 5.49. The number of aromatic nitrogens is 1. The van der Waals surface area contributed by atoms with Gasteiger partial charge in [-0.3, -0.25) is 4.98 Å². The fourth-order valence-corrected chi connectivity index (χ4v) is 4.36. The zero-order valence-corrected chi connectivity index (χ0v) is 13.3. The highest BCUT2D eigenvalue weighted by atomic mass is 79.9. The van der Waals surface area contributed by atoms with E-state index in [0.717, 1.165) is 6.42 Å². The van der Waals surface area contributed by atoms with E-state index in [-0.39, 0.29) is 17.0 Å². The summed E-state index contributed by atoms with van der Waals surface area (Å²) in [6.45, 7) is 4.67. The average Bonchev–Trinajstić information content (AvgIpc) is 2.38. The lowest BCUT2D eigenvalue weighted by Crippen LogP contribution is -2.51. The zero-order valence-electron chi connectivity index (χ0n) is 10.9. The summed E-state index contributed by atoms with van der Waals surface area (Å²) in [7, 11) is -3.52. The molecule has 1 aliphatic rings. The van der Waals surface area contributed by atoms with Gasteiger partial charge in [0.25, 0.3) is 0 Å². The van der Waals surface area contributed by atoms with Gasteiger partial charge in [-0.15, -0.1) is 0 Å². The van der Waals surface area contributed by atoms with Crippen molar-refractivity contribution in [2.24, 2.45) is 0 Å². The van der Waals surface area contributed by atoms with Crippen LogP contribution in [0.1, 0.15) is 20.3 Å².